The lowest BCUT2D eigenvalue weighted by Crippen LogP contribution is -1.80. The fourth-order valence-corrected chi connectivity index (χ4v) is 1.20. The number of rotatable bonds is 7. The molecule has 0 aromatic heterocycles. The van der Waals surface area contributed by atoms with Gasteiger partial charge < -0.3 is 0 Å². The predicted molar refractivity (Wildman–Crippen MR) is 50.2 cm³/mol. The summed E-state index contributed by atoms with van der Waals surface area (Å²) in [6.45, 7) is 0. The third kappa shape index (κ3) is 9.85. The lowest BCUT2D eigenvalue weighted by atomic mass is 10.1. The van der Waals surface area contributed by atoms with Gasteiger partial charge in [0.05, 0.1) is 0 Å². The Bertz CT molecular complexity index is 102. The van der Waals surface area contributed by atoms with Gasteiger partial charge in [0.1, 0.15) is 0 Å². The number of alkyl halides is 1. The Morgan fingerprint density at radius 3 is 2.00 bits per heavy atom. The molecule has 0 atom stereocenters. The molecule has 0 fully saturated rings. The van der Waals surface area contributed by atoms with E-state index in [0.29, 0.717) is 0 Å². The molecule has 0 saturated carbocycles. The van der Waals surface area contributed by atoms with Crippen molar-refractivity contribution in [1.82, 2.24) is 0 Å². The molecule has 0 N–H and O–H groups in total. The zero-order valence-electron chi connectivity index (χ0n) is 7.03. The van der Waals surface area contributed by atoms with E-state index in [-0.39, 0.29) is 0 Å². The van der Waals surface area contributed by atoms with Crippen LogP contribution in [0.3, 0.4) is 0 Å². The van der Waals surface area contributed by atoms with E-state index < -0.39 is 0 Å². The van der Waals surface area contributed by atoms with Crippen molar-refractivity contribution in [2.24, 2.45) is 0 Å². The van der Waals surface area contributed by atoms with Gasteiger partial charge in [-0.1, -0.05) is 31.6 Å². The van der Waals surface area contributed by atoms with Crippen molar-refractivity contribution in [3.63, 3.8) is 0 Å². The maximum atomic E-state index is 6.68. The van der Waals surface area contributed by atoms with Gasteiger partial charge in [0.15, 0.2) is 0 Å². The van der Waals surface area contributed by atoms with Gasteiger partial charge in [-0.05, 0) is 19.3 Å². The van der Waals surface area contributed by atoms with E-state index in [1.54, 1.807) is 0 Å². The van der Waals surface area contributed by atoms with Crippen molar-refractivity contribution in [2.45, 2.75) is 44.9 Å². The summed E-state index contributed by atoms with van der Waals surface area (Å²) in [7, 11) is 0. The van der Waals surface area contributed by atoms with Gasteiger partial charge in [-0.3, -0.25) is 0 Å². The highest BCUT2D eigenvalue weighted by Gasteiger charge is 1.88. The summed E-state index contributed by atoms with van der Waals surface area (Å²) >= 11 is 5.53. The minimum absolute atomic E-state index is 0.800. The lowest BCUT2D eigenvalue weighted by molar-refractivity contribution is 0.615. The van der Waals surface area contributed by atoms with E-state index in [1.165, 1.54) is 25.7 Å². The van der Waals surface area contributed by atoms with Crippen LogP contribution in [0.2, 0.25) is 0 Å². The minimum atomic E-state index is 0.800. The number of hydrogen-bond donors (Lipinski definition) is 0. The summed E-state index contributed by atoms with van der Waals surface area (Å²) in [6, 6.07) is 0. The average molecular weight is 172 g/mol. The van der Waals surface area contributed by atoms with E-state index >= 15 is 0 Å². The Hall–Kier alpha value is -0.150. The molecular weight excluding hydrogens is 156 g/mol. The van der Waals surface area contributed by atoms with Crippen molar-refractivity contribution >= 4 is 11.6 Å². The molecule has 0 unspecified atom stereocenters. The summed E-state index contributed by atoms with van der Waals surface area (Å²) in [5.41, 5.74) is 0. The predicted octanol–water partition coefficient (Wildman–Crippen LogP) is 3.55. The van der Waals surface area contributed by atoms with Crippen LogP contribution in [0.25, 0.3) is 0 Å². The smallest absolute Gasteiger partial charge is 0.0223 e. The Balaban J connectivity index is 2.75. The maximum Gasteiger partial charge on any atom is 0.0223 e. The molecule has 0 amide bonds. The van der Waals surface area contributed by atoms with Gasteiger partial charge in [-0.15, -0.1) is 11.6 Å². The summed E-state index contributed by atoms with van der Waals surface area (Å²) in [6.07, 6.45) is 14.9. The average Bonchev–Trinajstić information content (AvgIpc) is 2.03. The summed E-state index contributed by atoms with van der Waals surface area (Å²) in [4.78, 5) is 0. The first-order chi connectivity index (χ1) is 5.41. The van der Waals surface area contributed by atoms with E-state index in [2.05, 4.69) is 5.92 Å². The molecule has 0 aliphatic rings. The molecular formula is C10H16Cl. The minimum Gasteiger partial charge on any atom is -0.127 e. The third-order valence-electron chi connectivity index (χ3n) is 1.69. The summed E-state index contributed by atoms with van der Waals surface area (Å²) < 4.78 is 0. The van der Waals surface area contributed by atoms with Crippen LogP contribution >= 0.6 is 11.6 Å². The zero-order valence-corrected chi connectivity index (χ0v) is 7.79. The molecule has 0 aromatic carbocycles. The summed E-state index contributed by atoms with van der Waals surface area (Å²) in [5.74, 6) is 3.20. The second-order valence-electron chi connectivity index (χ2n) is 2.74. The quantitative estimate of drug-likeness (QED) is 0.312. The Labute approximate surface area is 75.3 Å². The lowest BCUT2D eigenvalue weighted by Gasteiger charge is -1.97. The van der Waals surface area contributed by atoms with Gasteiger partial charge in [0.2, 0.25) is 0 Å². The monoisotopic (exact) mass is 171 g/mol. The highest BCUT2D eigenvalue weighted by molar-refractivity contribution is 6.17. The van der Waals surface area contributed by atoms with Crippen molar-refractivity contribution in [1.29, 1.82) is 0 Å². The van der Waals surface area contributed by atoms with Crippen LogP contribution in [0, 0.1) is 12.3 Å². The third-order valence-corrected chi connectivity index (χ3v) is 1.95. The molecule has 0 heterocycles. The Morgan fingerprint density at radius 2 is 1.45 bits per heavy atom. The van der Waals surface area contributed by atoms with Crippen molar-refractivity contribution < 1.29 is 0 Å². The van der Waals surface area contributed by atoms with E-state index in [9.17, 15) is 0 Å². The van der Waals surface area contributed by atoms with Gasteiger partial charge in [0.25, 0.3) is 0 Å². The molecule has 0 aliphatic carbocycles. The van der Waals surface area contributed by atoms with Crippen LogP contribution in [0.4, 0.5) is 0 Å². The highest BCUT2D eigenvalue weighted by atomic mass is 35.5. The molecule has 1 radical (unpaired) electrons. The fraction of sp³-hybridized carbons (Fsp3) is 0.800. The molecule has 63 valence electrons. The molecule has 0 rings (SSSR count). The van der Waals surface area contributed by atoms with Crippen LogP contribution < -0.4 is 0 Å². The Kier molecular flexibility index (Phi) is 9.72. The largest absolute Gasteiger partial charge is 0.127 e. The second-order valence-corrected chi connectivity index (χ2v) is 3.12. The first kappa shape index (κ1) is 10.8. The number of halogens is 1. The highest BCUT2D eigenvalue weighted by Crippen LogP contribution is 2.06. The Morgan fingerprint density at radius 1 is 0.909 bits per heavy atom. The van der Waals surface area contributed by atoms with Crippen molar-refractivity contribution in [3.05, 3.63) is 6.42 Å². The van der Waals surface area contributed by atoms with Gasteiger partial charge >= 0.3 is 0 Å². The molecule has 0 bridgehead atoms. The molecule has 11 heavy (non-hydrogen) atoms. The van der Waals surface area contributed by atoms with Gasteiger partial charge in [-0.2, -0.15) is 0 Å². The van der Waals surface area contributed by atoms with Crippen molar-refractivity contribution in [3.8, 4) is 5.92 Å². The topological polar surface area (TPSA) is 0 Å². The van der Waals surface area contributed by atoms with Crippen LogP contribution in [-0.2, 0) is 0 Å². The fourth-order valence-electron chi connectivity index (χ4n) is 1.01. The molecule has 0 aliphatic heterocycles. The SMILES string of the molecule is [C]#CCCCCCCCCCl. The zero-order chi connectivity index (χ0) is 8.36. The summed E-state index contributed by atoms with van der Waals surface area (Å²) in [5, 5.41) is 0. The standard InChI is InChI=1S/C10H16Cl/c1-2-3-4-5-6-7-8-9-10-11/h3-10H2. The first-order valence-corrected chi connectivity index (χ1v) is 4.91. The van der Waals surface area contributed by atoms with Crippen molar-refractivity contribution in [2.75, 3.05) is 5.88 Å². The molecule has 1 heteroatoms. The van der Waals surface area contributed by atoms with E-state index in [4.69, 9.17) is 18.0 Å². The molecule has 0 spiro atoms. The molecule has 0 aromatic rings. The van der Waals surface area contributed by atoms with Crippen LogP contribution in [0.1, 0.15) is 44.9 Å². The number of unbranched alkanes of at least 4 members (excludes halogenated alkanes) is 6. The van der Waals surface area contributed by atoms with Crippen LogP contribution in [-0.4, -0.2) is 5.88 Å². The maximum absolute atomic E-state index is 6.68. The van der Waals surface area contributed by atoms with Gasteiger partial charge in [-0.25, -0.2) is 0 Å². The number of hydrogen-bond acceptors (Lipinski definition) is 0. The van der Waals surface area contributed by atoms with Crippen LogP contribution in [0.5, 0.6) is 0 Å². The normalized spacial score (nSPS) is 9.45. The molecule has 0 saturated heterocycles. The second kappa shape index (κ2) is 9.85. The van der Waals surface area contributed by atoms with E-state index in [0.717, 1.165) is 25.1 Å². The van der Waals surface area contributed by atoms with Crippen LogP contribution in [0.15, 0.2) is 0 Å². The van der Waals surface area contributed by atoms with Gasteiger partial charge in [0, 0.05) is 12.3 Å². The molecule has 0 nitrogen and oxygen atoms in total. The van der Waals surface area contributed by atoms with E-state index in [1.807, 2.05) is 0 Å². The first-order valence-electron chi connectivity index (χ1n) is 4.37.